The molecule has 0 aliphatic carbocycles. The summed E-state index contributed by atoms with van der Waals surface area (Å²) in [5.74, 6) is -1.08. The molecule has 0 fully saturated rings. The van der Waals surface area contributed by atoms with Crippen molar-refractivity contribution < 1.29 is 25.2 Å². The number of anilines is 1. The fraction of sp³-hybridized carbons (Fsp3) is 0.385. The van der Waals surface area contributed by atoms with Crippen LogP contribution in [0.1, 0.15) is 0 Å². The van der Waals surface area contributed by atoms with Gasteiger partial charge in [-0.15, -0.1) is 0 Å². The molecule has 9 heteroatoms. The van der Waals surface area contributed by atoms with Crippen LogP contribution in [0, 0.1) is 3.57 Å². The number of thiocarbonyl (C=S) groups is 1. The van der Waals surface area contributed by atoms with Gasteiger partial charge in [-0.2, -0.15) is 0 Å². The fourth-order valence-corrected chi connectivity index (χ4v) is 2.57. The molecule has 0 amide bonds. The van der Waals surface area contributed by atoms with Crippen LogP contribution in [0.4, 0.5) is 5.69 Å². The second-order valence-corrected chi connectivity index (χ2v) is 6.12. The van der Waals surface area contributed by atoms with Crippen molar-refractivity contribution in [3.8, 4) is 0 Å². The van der Waals surface area contributed by atoms with Gasteiger partial charge in [-0.1, -0.05) is 24.4 Å². The summed E-state index contributed by atoms with van der Waals surface area (Å²) in [5, 5.41) is 41.1. The Bertz CT molecular complexity index is 559. The van der Waals surface area contributed by atoms with Gasteiger partial charge in [-0.05, 0) is 34.7 Å². The number of hydrogen-bond donors (Lipinski definition) is 6. The minimum Gasteiger partial charge on any atom is -0.394 e. The van der Waals surface area contributed by atoms with Crippen molar-refractivity contribution in [1.82, 2.24) is 0 Å². The molecular weight excluding hydrogens is 423 g/mol. The van der Waals surface area contributed by atoms with Gasteiger partial charge in [0.05, 0.1) is 24.9 Å². The van der Waals surface area contributed by atoms with E-state index in [1.54, 1.807) is 24.3 Å². The van der Waals surface area contributed by atoms with E-state index < -0.39 is 41.7 Å². The number of ketones is 1. The first kappa shape index (κ1) is 19.4. The van der Waals surface area contributed by atoms with Crippen molar-refractivity contribution in [2.24, 2.45) is 5.73 Å². The van der Waals surface area contributed by atoms with Crippen molar-refractivity contribution in [2.45, 2.75) is 17.7 Å². The smallest absolute Gasteiger partial charge is 0.203 e. The number of carbonyl (C=O) groups is 1. The Morgan fingerprint density at radius 2 is 1.95 bits per heavy atom. The van der Waals surface area contributed by atoms with E-state index in [0.717, 1.165) is 3.57 Å². The predicted octanol–water partition coefficient (Wildman–Crippen LogP) is -0.996. The first-order chi connectivity index (χ1) is 10.3. The zero-order valence-electron chi connectivity index (χ0n) is 11.4. The van der Waals surface area contributed by atoms with Gasteiger partial charge in [0.25, 0.3) is 0 Å². The van der Waals surface area contributed by atoms with Gasteiger partial charge >= 0.3 is 0 Å². The van der Waals surface area contributed by atoms with Gasteiger partial charge < -0.3 is 31.5 Å². The third-order valence-corrected chi connectivity index (χ3v) is 4.39. The van der Waals surface area contributed by atoms with Crippen LogP contribution < -0.4 is 11.1 Å². The Hall–Kier alpha value is -0.690. The zero-order chi connectivity index (χ0) is 16.9. The maximum atomic E-state index is 12.2. The van der Waals surface area contributed by atoms with Crippen LogP contribution in [-0.2, 0) is 4.79 Å². The number of hydrogen-bond acceptors (Lipinski definition) is 7. The first-order valence-corrected chi connectivity index (χ1v) is 7.75. The summed E-state index contributed by atoms with van der Waals surface area (Å²) < 4.78 is 0.766. The largest absolute Gasteiger partial charge is 0.394 e. The number of para-hydroxylation sites is 1. The summed E-state index contributed by atoms with van der Waals surface area (Å²) in [6, 6.07) is 5.50. The van der Waals surface area contributed by atoms with Crippen molar-refractivity contribution in [3.05, 3.63) is 27.8 Å². The van der Waals surface area contributed by atoms with Crippen molar-refractivity contribution in [3.63, 3.8) is 0 Å². The normalized spacial score (nSPS) is 16.5. The Morgan fingerprint density at radius 3 is 2.45 bits per heavy atom. The quantitative estimate of drug-likeness (QED) is 0.235. The third-order valence-electron chi connectivity index (χ3n) is 3.03. The molecule has 0 aliphatic rings. The highest BCUT2D eigenvalue weighted by Crippen LogP contribution is 2.22. The number of carbonyl (C=O) groups excluding carboxylic acids is 1. The molecule has 0 saturated heterocycles. The molecule has 1 aromatic carbocycles. The highest BCUT2D eigenvalue weighted by Gasteiger charge is 2.49. The Labute approximate surface area is 146 Å². The van der Waals surface area contributed by atoms with E-state index in [1.165, 1.54) is 0 Å². The van der Waals surface area contributed by atoms with E-state index in [1.807, 2.05) is 22.6 Å². The molecule has 0 radical (unpaired) electrons. The predicted molar refractivity (Wildman–Crippen MR) is 93.5 cm³/mol. The van der Waals surface area contributed by atoms with Gasteiger partial charge in [-0.3, -0.25) is 4.79 Å². The number of aliphatic hydroxyl groups excluding tert-OH is 3. The van der Waals surface area contributed by atoms with Crippen LogP contribution in [0.2, 0.25) is 0 Å². The summed E-state index contributed by atoms with van der Waals surface area (Å²) in [6.45, 7) is -1.64. The lowest BCUT2D eigenvalue weighted by Crippen LogP contribution is -2.63. The summed E-state index contributed by atoms with van der Waals surface area (Å²) in [6.07, 6.45) is -1.88. The summed E-state index contributed by atoms with van der Waals surface area (Å²) >= 11 is 7.04. The molecule has 122 valence electrons. The SMILES string of the molecule is N[C@@H](CO)C(=O)[C@@](O)(C(=S)Nc1ccccc1I)[C@H](O)CO. The first-order valence-electron chi connectivity index (χ1n) is 6.27. The van der Waals surface area contributed by atoms with E-state index in [4.69, 9.17) is 28.2 Å². The molecule has 1 aromatic rings. The molecule has 1 rings (SSSR count). The lowest BCUT2D eigenvalue weighted by molar-refractivity contribution is -0.144. The van der Waals surface area contributed by atoms with Gasteiger partial charge in [0, 0.05) is 3.57 Å². The van der Waals surface area contributed by atoms with E-state index in [0.29, 0.717) is 5.69 Å². The monoisotopic (exact) mass is 440 g/mol. The van der Waals surface area contributed by atoms with E-state index in [-0.39, 0.29) is 0 Å². The highest BCUT2D eigenvalue weighted by atomic mass is 127. The van der Waals surface area contributed by atoms with Crippen LogP contribution >= 0.6 is 34.8 Å². The molecule has 0 aliphatic heterocycles. The molecule has 0 saturated carbocycles. The van der Waals surface area contributed by atoms with E-state index >= 15 is 0 Å². The van der Waals surface area contributed by atoms with Gasteiger partial charge in [-0.25, -0.2) is 0 Å². The molecule has 0 spiro atoms. The minimum atomic E-state index is -2.61. The molecule has 0 aromatic heterocycles. The number of Topliss-reactive ketones (excluding diaryl/α,β-unsaturated/α-hetero) is 1. The van der Waals surface area contributed by atoms with Crippen LogP contribution in [0.5, 0.6) is 0 Å². The average Bonchev–Trinajstić information content (AvgIpc) is 2.53. The lowest BCUT2D eigenvalue weighted by atomic mass is 9.87. The van der Waals surface area contributed by atoms with Crippen LogP contribution in [-0.4, -0.2) is 62.2 Å². The van der Waals surface area contributed by atoms with Gasteiger partial charge in [0.1, 0.15) is 11.1 Å². The molecule has 0 unspecified atom stereocenters. The second kappa shape index (κ2) is 8.24. The molecule has 7 nitrogen and oxygen atoms in total. The molecule has 7 N–H and O–H groups in total. The second-order valence-electron chi connectivity index (χ2n) is 4.55. The summed E-state index contributed by atoms with van der Waals surface area (Å²) in [7, 11) is 0. The number of aliphatic hydroxyl groups is 4. The van der Waals surface area contributed by atoms with Crippen LogP contribution in [0.15, 0.2) is 24.3 Å². The highest BCUT2D eigenvalue weighted by molar-refractivity contribution is 14.1. The van der Waals surface area contributed by atoms with Crippen molar-refractivity contribution >= 4 is 51.3 Å². The van der Waals surface area contributed by atoms with E-state index in [2.05, 4.69) is 5.32 Å². The number of nitrogens with one attached hydrogen (secondary N) is 1. The van der Waals surface area contributed by atoms with Crippen LogP contribution in [0.3, 0.4) is 0 Å². The fourth-order valence-electron chi connectivity index (χ4n) is 1.71. The Morgan fingerprint density at radius 1 is 1.36 bits per heavy atom. The standard InChI is InChI=1S/C13H17IN2O5S/c14-7-3-1-2-4-9(7)16-12(22)13(21,10(19)6-18)11(20)8(15)5-17/h1-4,8,10,17-19,21H,5-6,15H2,(H,16,22)/t8-,10+,13+/m0/s1. The van der Waals surface area contributed by atoms with Gasteiger partial charge in [0.2, 0.25) is 5.60 Å². The van der Waals surface area contributed by atoms with Crippen molar-refractivity contribution in [1.29, 1.82) is 0 Å². The molecule has 3 atom stereocenters. The maximum Gasteiger partial charge on any atom is 0.203 e. The molecule has 0 bridgehead atoms. The lowest BCUT2D eigenvalue weighted by Gasteiger charge is -2.33. The topological polar surface area (TPSA) is 136 Å². The Balaban J connectivity index is 3.14. The number of nitrogens with two attached hydrogens (primary N) is 1. The molecule has 0 heterocycles. The number of benzene rings is 1. The summed E-state index contributed by atoms with van der Waals surface area (Å²) in [5.41, 5.74) is 3.32. The third kappa shape index (κ3) is 3.98. The van der Waals surface area contributed by atoms with Crippen molar-refractivity contribution in [2.75, 3.05) is 18.5 Å². The average molecular weight is 440 g/mol. The number of rotatable bonds is 7. The van der Waals surface area contributed by atoms with E-state index in [9.17, 15) is 15.0 Å². The van der Waals surface area contributed by atoms with Gasteiger partial charge in [0.15, 0.2) is 5.78 Å². The summed E-state index contributed by atoms with van der Waals surface area (Å²) in [4.78, 5) is 11.8. The molecular formula is C13H17IN2O5S. The zero-order valence-corrected chi connectivity index (χ0v) is 14.4. The maximum absolute atomic E-state index is 12.2. The minimum absolute atomic E-state index is 0.410. The number of halogens is 1. The van der Waals surface area contributed by atoms with Crippen LogP contribution in [0.25, 0.3) is 0 Å². The Kier molecular flexibility index (Phi) is 7.25. The molecule has 22 heavy (non-hydrogen) atoms.